The zero-order chi connectivity index (χ0) is 20.1. The van der Waals surface area contributed by atoms with E-state index >= 15 is 0 Å². The number of nitrogens with zero attached hydrogens (tertiary/aromatic N) is 3. The number of hydrogen-bond donors (Lipinski definition) is 1. The normalized spacial score (nSPS) is 10.5. The number of aryl methyl sites for hydroxylation is 3. The van der Waals surface area contributed by atoms with E-state index in [0.717, 1.165) is 29.1 Å². The Labute approximate surface area is 163 Å². The summed E-state index contributed by atoms with van der Waals surface area (Å²) in [5.41, 5.74) is 3.85. The van der Waals surface area contributed by atoms with Crippen molar-refractivity contribution in [3.63, 3.8) is 0 Å². The third-order valence-corrected chi connectivity index (χ3v) is 4.22. The Morgan fingerprint density at radius 1 is 1.14 bits per heavy atom. The molecule has 3 rings (SSSR count). The van der Waals surface area contributed by atoms with Crippen LogP contribution in [0.4, 0.5) is 5.69 Å². The third kappa shape index (κ3) is 4.43. The summed E-state index contributed by atoms with van der Waals surface area (Å²) in [5.74, 6) is -0.385. The number of benzene rings is 1. The topological polar surface area (TPSA) is 86.1 Å². The van der Waals surface area contributed by atoms with Gasteiger partial charge in [-0.3, -0.25) is 4.79 Å². The van der Waals surface area contributed by atoms with Gasteiger partial charge < -0.3 is 10.1 Å². The lowest BCUT2D eigenvalue weighted by molar-refractivity contribution is -0.119. The monoisotopic (exact) mass is 378 g/mol. The number of hydrogen-bond acceptors (Lipinski definition) is 5. The molecule has 28 heavy (non-hydrogen) atoms. The highest BCUT2D eigenvalue weighted by atomic mass is 16.5. The Hall–Kier alpha value is -3.48. The first kappa shape index (κ1) is 19.3. The second-order valence-corrected chi connectivity index (χ2v) is 6.38. The van der Waals surface area contributed by atoms with E-state index in [1.807, 2.05) is 51.1 Å². The highest BCUT2D eigenvalue weighted by molar-refractivity contribution is 5.95. The van der Waals surface area contributed by atoms with Crippen molar-refractivity contribution in [2.75, 3.05) is 11.9 Å². The highest BCUT2D eigenvalue weighted by Crippen LogP contribution is 2.15. The van der Waals surface area contributed by atoms with Gasteiger partial charge in [-0.15, -0.1) is 0 Å². The van der Waals surface area contributed by atoms with Gasteiger partial charge in [-0.25, -0.2) is 14.5 Å². The van der Waals surface area contributed by atoms with Crippen LogP contribution in [0.25, 0.3) is 5.82 Å². The molecule has 0 atom stereocenters. The van der Waals surface area contributed by atoms with E-state index in [1.54, 1.807) is 16.8 Å². The van der Waals surface area contributed by atoms with Crippen LogP contribution in [0.5, 0.6) is 0 Å². The second-order valence-electron chi connectivity index (χ2n) is 6.38. The lowest BCUT2D eigenvalue weighted by atomic mass is 10.1. The quantitative estimate of drug-likeness (QED) is 0.666. The molecule has 0 aliphatic carbocycles. The number of nitrogens with one attached hydrogen (secondary N) is 1. The number of ether oxygens (including phenoxy) is 1. The van der Waals surface area contributed by atoms with E-state index in [1.165, 1.54) is 6.20 Å². The molecule has 144 valence electrons. The average molecular weight is 378 g/mol. The molecule has 7 heteroatoms. The molecule has 1 aromatic carbocycles. The van der Waals surface area contributed by atoms with Crippen molar-refractivity contribution in [1.82, 2.24) is 14.8 Å². The lowest BCUT2D eigenvalue weighted by Crippen LogP contribution is -2.21. The standard InChI is InChI=1S/C21H22N4O3/c1-4-16-7-5-6-8-18(16)23-20(26)13-28-21(27)17-9-10-19(22-12-17)25-15(3)11-14(2)24-25/h5-12H,4,13H2,1-3H3,(H,23,26). The van der Waals surface area contributed by atoms with Crippen LogP contribution in [-0.4, -0.2) is 33.2 Å². The molecular weight excluding hydrogens is 356 g/mol. The molecule has 0 spiro atoms. The zero-order valence-electron chi connectivity index (χ0n) is 16.1. The molecular formula is C21H22N4O3. The minimum Gasteiger partial charge on any atom is -0.452 e. The lowest BCUT2D eigenvalue weighted by Gasteiger charge is -2.10. The van der Waals surface area contributed by atoms with Crippen LogP contribution in [0, 0.1) is 13.8 Å². The molecule has 7 nitrogen and oxygen atoms in total. The van der Waals surface area contributed by atoms with E-state index in [4.69, 9.17) is 4.74 Å². The number of anilines is 1. The summed E-state index contributed by atoms with van der Waals surface area (Å²) in [4.78, 5) is 28.5. The van der Waals surface area contributed by atoms with Gasteiger partial charge >= 0.3 is 5.97 Å². The van der Waals surface area contributed by atoms with Crippen LogP contribution in [0.2, 0.25) is 0 Å². The third-order valence-electron chi connectivity index (χ3n) is 4.22. The van der Waals surface area contributed by atoms with Crippen molar-refractivity contribution in [2.24, 2.45) is 0 Å². The molecule has 0 aliphatic heterocycles. The van der Waals surface area contributed by atoms with Gasteiger partial charge in [-0.05, 0) is 50.1 Å². The van der Waals surface area contributed by atoms with Crippen molar-refractivity contribution in [2.45, 2.75) is 27.2 Å². The summed E-state index contributed by atoms with van der Waals surface area (Å²) in [7, 11) is 0. The van der Waals surface area contributed by atoms with Gasteiger partial charge in [0, 0.05) is 17.6 Å². The Morgan fingerprint density at radius 2 is 1.93 bits per heavy atom. The van der Waals surface area contributed by atoms with Gasteiger partial charge in [0.25, 0.3) is 5.91 Å². The van der Waals surface area contributed by atoms with Crippen molar-refractivity contribution in [3.05, 3.63) is 71.2 Å². The summed E-state index contributed by atoms with van der Waals surface area (Å²) in [6.07, 6.45) is 2.21. The number of pyridine rings is 1. The van der Waals surface area contributed by atoms with Gasteiger partial charge in [0.1, 0.15) is 0 Å². The summed E-state index contributed by atoms with van der Waals surface area (Å²) in [6, 6.07) is 12.8. The molecule has 0 aliphatic rings. The highest BCUT2D eigenvalue weighted by Gasteiger charge is 2.13. The molecule has 2 aromatic heterocycles. The number of carbonyl (C=O) groups excluding carboxylic acids is 2. The van der Waals surface area contributed by atoms with E-state index in [0.29, 0.717) is 5.82 Å². The van der Waals surface area contributed by atoms with Gasteiger partial charge in [0.05, 0.1) is 11.3 Å². The molecule has 0 bridgehead atoms. The van der Waals surface area contributed by atoms with Gasteiger partial charge in [0.2, 0.25) is 0 Å². The maximum Gasteiger partial charge on any atom is 0.340 e. The average Bonchev–Trinajstić information content (AvgIpc) is 3.04. The predicted octanol–water partition coefficient (Wildman–Crippen LogP) is 3.24. The van der Waals surface area contributed by atoms with Gasteiger partial charge in [-0.2, -0.15) is 5.10 Å². The van der Waals surface area contributed by atoms with Crippen LogP contribution in [0.1, 0.15) is 34.2 Å². The largest absolute Gasteiger partial charge is 0.452 e. The van der Waals surface area contributed by atoms with Crippen LogP contribution in [0.3, 0.4) is 0 Å². The minimum atomic E-state index is -0.605. The van der Waals surface area contributed by atoms with Crippen molar-refractivity contribution in [3.8, 4) is 5.82 Å². The molecule has 1 amide bonds. The van der Waals surface area contributed by atoms with Gasteiger partial charge in [-0.1, -0.05) is 25.1 Å². The molecule has 1 N–H and O–H groups in total. The fraction of sp³-hybridized carbons (Fsp3) is 0.238. The maximum atomic E-state index is 12.2. The predicted molar refractivity (Wildman–Crippen MR) is 106 cm³/mol. The molecule has 0 unspecified atom stereocenters. The number of carbonyl (C=O) groups is 2. The van der Waals surface area contributed by atoms with Gasteiger partial charge in [0.15, 0.2) is 12.4 Å². The Morgan fingerprint density at radius 3 is 2.57 bits per heavy atom. The second kappa shape index (κ2) is 8.47. The van der Waals surface area contributed by atoms with E-state index in [-0.39, 0.29) is 18.1 Å². The first-order valence-electron chi connectivity index (χ1n) is 9.02. The first-order chi connectivity index (χ1) is 13.5. The SMILES string of the molecule is CCc1ccccc1NC(=O)COC(=O)c1ccc(-n2nc(C)cc2C)nc1. The van der Waals surface area contributed by atoms with E-state index in [9.17, 15) is 9.59 Å². The first-order valence-corrected chi connectivity index (χ1v) is 9.02. The smallest absolute Gasteiger partial charge is 0.340 e. The Bertz CT molecular complexity index is 993. The number of rotatable bonds is 6. The summed E-state index contributed by atoms with van der Waals surface area (Å²) in [6.45, 7) is 5.47. The van der Waals surface area contributed by atoms with E-state index < -0.39 is 5.97 Å². The fourth-order valence-electron chi connectivity index (χ4n) is 2.84. The minimum absolute atomic E-state index is 0.270. The van der Waals surface area contributed by atoms with Crippen molar-refractivity contribution in [1.29, 1.82) is 0 Å². The molecule has 3 aromatic rings. The molecule has 0 fully saturated rings. The molecule has 0 saturated carbocycles. The van der Waals surface area contributed by atoms with Crippen LogP contribution in [-0.2, 0) is 16.0 Å². The zero-order valence-corrected chi connectivity index (χ0v) is 16.1. The maximum absolute atomic E-state index is 12.2. The van der Waals surface area contributed by atoms with Crippen LogP contribution < -0.4 is 5.32 Å². The van der Waals surface area contributed by atoms with Crippen molar-refractivity contribution < 1.29 is 14.3 Å². The number of esters is 1. The molecule has 2 heterocycles. The number of aromatic nitrogens is 3. The summed E-state index contributed by atoms with van der Waals surface area (Å²) < 4.78 is 6.79. The van der Waals surface area contributed by atoms with Crippen molar-refractivity contribution >= 4 is 17.6 Å². The number of para-hydroxylation sites is 1. The number of amides is 1. The fourth-order valence-corrected chi connectivity index (χ4v) is 2.84. The van der Waals surface area contributed by atoms with E-state index in [2.05, 4.69) is 15.4 Å². The Kier molecular flexibility index (Phi) is 5.84. The van der Waals surface area contributed by atoms with Crippen LogP contribution >= 0.6 is 0 Å². The Balaban J connectivity index is 1.59. The molecule has 0 saturated heterocycles. The summed E-state index contributed by atoms with van der Waals surface area (Å²) >= 11 is 0. The van der Waals surface area contributed by atoms with Crippen LogP contribution in [0.15, 0.2) is 48.7 Å². The summed E-state index contributed by atoms with van der Waals surface area (Å²) in [5, 5.41) is 7.12. The molecule has 0 radical (unpaired) electrons.